The van der Waals surface area contributed by atoms with Crippen molar-refractivity contribution in [2.45, 2.75) is 49.4 Å². The first-order valence-corrected chi connectivity index (χ1v) is 12.0. The van der Waals surface area contributed by atoms with Gasteiger partial charge in [-0.15, -0.1) is 0 Å². The van der Waals surface area contributed by atoms with E-state index in [1.807, 2.05) is 0 Å². The van der Waals surface area contributed by atoms with Gasteiger partial charge in [-0.25, -0.2) is 0 Å². The second kappa shape index (κ2) is 7.65. The molecule has 4 aliphatic carbocycles. The molecule has 0 unspecified atom stereocenters. The highest BCUT2D eigenvalue weighted by atomic mass is 16.6. The van der Waals surface area contributed by atoms with Crippen LogP contribution in [0.2, 0.25) is 0 Å². The number of non-ortho nitro benzene ring substituents is 1. The average Bonchev–Trinajstić information content (AvgIpc) is 2.83. The maximum Gasteiger partial charge on any atom is 0.269 e. The van der Waals surface area contributed by atoms with Gasteiger partial charge in [0.15, 0.2) is 0 Å². The van der Waals surface area contributed by atoms with Crippen molar-refractivity contribution in [2.24, 2.45) is 16.8 Å². The maximum absolute atomic E-state index is 10.8. The lowest BCUT2D eigenvalue weighted by Crippen LogP contribution is -2.55. The minimum Gasteiger partial charge on any atom is -0.258 e. The van der Waals surface area contributed by atoms with Gasteiger partial charge in [0.05, 0.1) is 10.6 Å². The van der Waals surface area contributed by atoms with E-state index in [1.54, 1.807) is 23.9 Å². The molecule has 4 fully saturated rings. The molecule has 4 nitrogen and oxygen atoms in total. The monoisotopic (exact) mass is 436 g/mol. The highest BCUT2D eigenvalue weighted by molar-refractivity contribution is 5.82. The number of nitrogens with zero attached hydrogens (tertiary/aromatic N) is 2. The van der Waals surface area contributed by atoms with Crippen molar-refractivity contribution in [1.82, 2.24) is 0 Å². The van der Waals surface area contributed by atoms with Gasteiger partial charge in [0.2, 0.25) is 0 Å². The molecule has 0 N–H and O–H groups in total. The van der Waals surface area contributed by atoms with Crippen molar-refractivity contribution in [3.63, 3.8) is 0 Å². The number of nitro groups is 1. The van der Waals surface area contributed by atoms with Gasteiger partial charge in [-0.3, -0.25) is 15.1 Å². The van der Waals surface area contributed by atoms with Crippen LogP contribution in [0.15, 0.2) is 83.9 Å². The summed E-state index contributed by atoms with van der Waals surface area (Å²) >= 11 is 0. The first-order chi connectivity index (χ1) is 16.0. The molecular weight excluding hydrogens is 408 g/mol. The molecule has 33 heavy (non-hydrogen) atoms. The molecule has 0 heterocycles. The molecule has 0 spiro atoms. The average molecular weight is 437 g/mol. The van der Waals surface area contributed by atoms with Crippen LogP contribution in [0.4, 0.5) is 11.4 Å². The van der Waals surface area contributed by atoms with E-state index in [0.29, 0.717) is 10.8 Å². The first kappa shape index (κ1) is 20.3. The van der Waals surface area contributed by atoms with Gasteiger partial charge in [-0.05, 0) is 102 Å². The Hall–Kier alpha value is -3.27. The first-order valence-electron chi connectivity index (χ1n) is 12.0. The zero-order valence-corrected chi connectivity index (χ0v) is 18.7. The second-order valence-electron chi connectivity index (χ2n) is 10.5. The summed E-state index contributed by atoms with van der Waals surface area (Å²) in [4.78, 5) is 15.0. The summed E-state index contributed by atoms with van der Waals surface area (Å²) in [6.45, 7) is 0. The topological polar surface area (TPSA) is 55.5 Å². The van der Waals surface area contributed by atoms with Crippen molar-refractivity contribution < 1.29 is 4.92 Å². The smallest absolute Gasteiger partial charge is 0.258 e. The number of benzene rings is 3. The van der Waals surface area contributed by atoms with Crippen LogP contribution in [0, 0.1) is 22.0 Å². The van der Waals surface area contributed by atoms with E-state index in [9.17, 15) is 10.1 Å². The highest BCUT2D eigenvalue weighted by Gasteiger charge is 2.58. The normalized spacial score (nSPS) is 30.1. The van der Waals surface area contributed by atoms with Crippen LogP contribution in [0.5, 0.6) is 0 Å². The predicted molar refractivity (Wildman–Crippen MR) is 131 cm³/mol. The molecule has 0 amide bonds. The number of rotatable bonds is 5. The van der Waals surface area contributed by atoms with Crippen molar-refractivity contribution in [1.29, 1.82) is 0 Å². The molecular formula is C29H28N2O2. The van der Waals surface area contributed by atoms with Gasteiger partial charge < -0.3 is 0 Å². The number of nitro benzene ring substituents is 1. The Morgan fingerprint density at radius 1 is 0.788 bits per heavy atom. The lowest BCUT2D eigenvalue weighted by Gasteiger charge is -2.62. The SMILES string of the molecule is O=[N+]([O-])c1ccc(C=Nc2ccc(C34C[C@H]5C[C@@H](CC(c6ccccc6)(C5)C3)C4)cc2)cc1. The summed E-state index contributed by atoms with van der Waals surface area (Å²) in [5.74, 6) is 1.68. The number of hydrogen-bond donors (Lipinski definition) is 0. The van der Waals surface area contributed by atoms with E-state index in [4.69, 9.17) is 0 Å². The lowest BCUT2D eigenvalue weighted by atomic mass is 9.42. The number of hydrogen-bond acceptors (Lipinski definition) is 3. The fourth-order valence-electron chi connectivity index (χ4n) is 7.46. The van der Waals surface area contributed by atoms with Crippen LogP contribution < -0.4 is 0 Å². The third-order valence-electron chi connectivity index (χ3n) is 8.39. The van der Waals surface area contributed by atoms with Crippen molar-refractivity contribution in [2.75, 3.05) is 0 Å². The van der Waals surface area contributed by atoms with Crippen LogP contribution in [-0.4, -0.2) is 11.1 Å². The molecule has 3 aromatic carbocycles. The summed E-state index contributed by atoms with van der Waals surface area (Å²) in [7, 11) is 0. The third kappa shape index (κ3) is 3.58. The van der Waals surface area contributed by atoms with Gasteiger partial charge in [-0.1, -0.05) is 42.5 Å². The molecule has 0 radical (unpaired) electrons. The third-order valence-corrected chi connectivity index (χ3v) is 8.39. The van der Waals surface area contributed by atoms with Crippen LogP contribution in [0.3, 0.4) is 0 Å². The van der Waals surface area contributed by atoms with Gasteiger partial charge in [0.1, 0.15) is 0 Å². The van der Waals surface area contributed by atoms with E-state index in [0.717, 1.165) is 23.1 Å². The van der Waals surface area contributed by atoms with Gasteiger partial charge >= 0.3 is 0 Å². The lowest BCUT2D eigenvalue weighted by molar-refractivity contribution is -0.384. The molecule has 3 aromatic rings. The molecule has 7 rings (SSSR count). The van der Waals surface area contributed by atoms with Crippen molar-refractivity contribution >= 4 is 17.6 Å². The van der Waals surface area contributed by atoms with Crippen molar-refractivity contribution in [3.05, 3.63) is 106 Å². The van der Waals surface area contributed by atoms with E-state index in [2.05, 4.69) is 59.6 Å². The largest absolute Gasteiger partial charge is 0.269 e. The Bertz CT molecular complexity index is 1180. The molecule has 0 saturated heterocycles. The van der Waals surface area contributed by atoms with Gasteiger partial charge in [0, 0.05) is 18.3 Å². The standard InChI is InChI=1S/C29H28N2O2/c32-31(33)27-12-6-21(7-13-27)19-30-26-10-8-25(9-11-26)29-17-22-14-23(18-29)16-28(15-22,20-29)24-4-2-1-3-5-24/h1-13,19,22-23H,14-18,20H2/t22-,23-,28?,29?/m0/s1. The Balaban J connectivity index is 1.25. The van der Waals surface area contributed by atoms with E-state index >= 15 is 0 Å². The molecule has 4 heteroatoms. The highest BCUT2D eigenvalue weighted by Crippen LogP contribution is 2.66. The Kier molecular flexibility index (Phi) is 4.72. The maximum atomic E-state index is 10.8. The quantitative estimate of drug-likeness (QED) is 0.243. The van der Waals surface area contributed by atoms with Gasteiger partial charge in [-0.2, -0.15) is 0 Å². The minimum atomic E-state index is -0.383. The van der Waals surface area contributed by atoms with E-state index < -0.39 is 0 Å². The second-order valence-corrected chi connectivity index (χ2v) is 10.5. The summed E-state index contributed by atoms with van der Waals surface area (Å²) in [5, 5.41) is 10.8. The molecule has 4 aliphatic rings. The summed E-state index contributed by atoms with van der Waals surface area (Å²) in [6.07, 6.45) is 9.80. The van der Waals surface area contributed by atoms with E-state index in [1.165, 1.54) is 56.2 Å². The minimum absolute atomic E-state index is 0.0975. The molecule has 4 bridgehead atoms. The summed E-state index contributed by atoms with van der Waals surface area (Å²) < 4.78 is 0. The molecule has 4 saturated carbocycles. The van der Waals surface area contributed by atoms with Crippen molar-refractivity contribution in [3.8, 4) is 0 Å². The summed E-state index contributed by atoms with van der Waals surface area (Å²) in [5.41, 5.74) is 5.54. The van der Waals surface area contributed by atoms with Gasteiger partial charge in [0.25, 0.3) is 5.69 Å². The zero-order chi connectivity index (χ0) is 22.5. The number of aliphatic imine (C=N–C) groups is 1. The van der Waals surface area contributed by atoms with Crippen LogP contribution in [0.1, 0.15) is 55.2 Å². The Labute approximate surface area is 194 Å². The Morgan fingerprint density at radius 3 is 1.94 bits per heavy atom. The molecule has 2 atom stereocenters. The van der Waals surface area contributed by atoms with E-state index in [-0.39, 0.29) is 10.6 Å². The predicted octanol–water partition coefficient (Wildman–Crippen LogP) is 7.14. The van der Waals surface area contributed by atoms with Crippen LogP contribution in [-0.2, 0) is 10.8 Å². The van der Waals surface area contributed by atoms with Crippen LogP contribution in [0.25, 0.3) is 0 Å². The van der Waals surface area contributed by atoms with Crippen LogP contribution >= 0.6 is 0 Å². The zero-order valence-electron chi connectivity index (χ0n) is 18.7. The Morgan fingerprint density at radius 2 is 1.36 bits per heavy atom. The fraction of sp³-hybridized carbons (Fsp3) is 0.345. The summed E-state index contributed by atoms with van der Waals surface area (Å²) in [6, 6.07) is 26.6. The fourth-order valence-corrected chi connectivity index (χ4v) is 7.46. The molecule has 0 aliphatic heterocycles. The molecule has 166 valence electrons. The molecule has 0 aromatic heterocycles.